The van der Waals surface area contributed by atoms with Gasteiger partial charge in [-0.1, -0.05) is 28.1 Å². The lowest BCUT2D eigenvalue weighted by Crippen LogP contribution is -2.54. The third-order valence-electron chi connectivity index (χ3n) is 5.63. The first kappa shape index (κ1) is 32.3. The number of carbonyl (C=O) groups excluding carboxylic acids is 3. The summed E-state index contributed by atoms with van der Waals surface area (Å²) in [5, 5.41) is 8.55. The lowest BCUT2D eigenvalue weighted by atomic mass is 10.0. The maximum Gasteiger partial charge on any atom is 0.243 e. The van der Waals surface area contributed by atoms with Gasteiger partial charge < -0.3 is 38.9 Å². The van der Waals surface area contributed by atoms with E-state index in [9.17, 15) is 14.4 Å². The van der Waals surface area contributed by atoms with E-state index in [2.05, 4.69) is 36.9 Å². The first-order valence-electron chi connectivity index (χ1n) is 12.8. The normalized spacial score (nSPS) is 12.3. The Kier molecular flexibility index (Phi) is 17.0. The summed E-state index contributed by atoms with van der Waals surface area (Å²) in [6.07, 6.45) is 5.26. The standard InChI is InChI=1S/C25H43BrN8O3/c26-19-11-9-18(10-12-19)17-22(35)33-21(8-2-4-14-28)24(37)34-20(7-1-3-13-27)23(36)31-15-5-6-16-32-25(29)30/h9-12,20-21H,1-8,13-17,27-28H2,(H,31,36)(H,33,35)(H,34,37)(H4,29,30,32)/t20-,21-/m0/s1. The highest BCUT2D eigenvalue weighted by molar-refractivity contribution is 9.10. The van der Waals surface area contributed by atoms with Gasteiger partial charge in [0.25, 0.3) is 0 Å². The summed E-state index contributed by atoms with van der Waals surface area (Å²) in [6.45, 7) is 1.92. The van der Waals surface area contributed by atoms with Crippen LogP contribution in [0.2, 0.25) is 0 Å². The second-order valence-electron chi connectivity index (χ2n) is 8.86. The quantitative estimate of drug-likeness (QED) is 0.0693. The minimum atomic E-state index is -0.765. The molecular weight excluding hydrogens is 540 g/mol. The molecule has 12 heteroatoms. The van der Waals surface area contributed by atoms with E-state index in [1.165, 1.54) is 0 Å². The van der Waals surface area contributed by atoms with Crippen LogP contribution in [0.1, 0.15) is 56.9 Å². The van der Waals surface area contributed by atoms with E-state index in [-0.39, 0.29) is 30.1 Å². The zero-order chi connectivity index (χ0) is 27.5. The molecule has 1 aromatic rings. The van der Waals surface area contributed by atoms with Gasteiger partial charge in [-0.25, -0.2) is 0 Å². The molecule has 0 aromatic heterocycles. The van der Waals surface area contributed by atoms with Gasteiger partial charge in [0.2, 0.25) is 17.7 Å². The van der Waals surface area contributed by atoms with Gasteiger partial charge in [0, 0.05) is 17.6 Å². The van der Waals surface area contributed by atoms with Crippen molar-refractivity contribution in [1.29, 1.82) is 0 Å². The monoisotopic (exact) mass is 582 g/mol. The molecule has 0 aliphatic carbocycles. The summed E-state index contributed by atoms with van der Waals surface area (Å²) in [7, 11) is 0. The molecule has 0 radical (unpaired) electrons. The average Bonchev–Trinajstić information content (AvgIpc) is 2.86. The Morgan fingerprint density at radius 3 is 1.97 bits per heavy atom. The topological polar surface area (TPSA) is 204 Å². The number of hydrogen-bond acceptors (Lipinski definition) is 6. The van der Waals surface area contributed by atoms with Crippen molar-refractivity contribution >= 4 is 39.6 Å². The maximum atomic E-state index is 13.2. The Balaban J connectivity index is 2.76. The van der Waals surface area contributed by atoms with E-state index in [0.29, 0.717) is 58.3 Å². The van der Waals surface area contributed by atoms with Crippen LogP contribution >= 0.6 is 15.9 Å². The molecule has 11 N–H and O–H groups in total. The highest BCUT2D eigenvalue weighted by atomic mass is 79.9. The average molecular weight is 584 g/mol. The molecule has 0 unspecified atom stereocenters. The van der Waals surface area contributed by atoms with Crippen LogP contribution in [-0.2, 0) is 20.8 Å². The highest BCUT2D eigenvalue weighted by Crippen LogP contribution is 2.11. The van der Waals surface area contributed by atoms with Crippen molar-refractivity contribution in [3.63, 3.8) is 0 Å². The van der Waals surface area contributed by atoms with E-state index in [0.717, 1.165) is 29.3 Å². The molecule has 208 valence electrons. The van der Waals surface area contributed by atoms with Crippen molar-refractivity contribution in [1.82, 2.24) is 16.0 Å². The number of aliphatic imine (C=N–C) groups is 1. The molecule has 11 nitrogen and oxygen atoms in total. The fourth-order valence-corrected chi connectivity index (χ4v) is 3.87. The molecular formula is C25H43BrN8O3. The number of unbranched alkanes of at least 4 members (excludes halogenated alkanes) is 3. The van der Waals surface area contributed by atoms with Crippen molar-refractivity contribution in [3.05, 3.63) is 34.3 Å². The molecule has 1 aromatic carbocycles. The molecule has 0 saturated carbocycles. The minimum Gasteiger partial charge on any atom is -0.370 e. The summed E-state index contributed by atoms with van der Waals surface area (Å²) < 4.78 is 0.920. The molecule has 0 spiro atoms. The van der Waals surface area contributed by atoms with Gasteiger partial charge in [0.1, 0.15) is 12.1 Å². The van der Waals surface area contributed by atoms with E-state index < -0.39 is 12.1 Å². The molecule has 0 aliphatic rings. The van der Waals surface area contributed by atoms with Crippen molar-refractivity contribution in [3.8, 4) is 0 Å². The number of nitrogens with two attached hydrogens (primary N) is 4. The predicted octanol–water partition coefficient (Wildman–Crippen LogP) is 0.389. The molecule has 1 rings (SSSR count). The number of nitrogens with one attached hydrogen (secondary N) is 3. The predicted molar refractivity (Wildman–Crippen MR) is 150 cm³/mol. The fraction of sp³-hybridized carbons (Fsp3) is 0.600. The highest BCUT2D eigenvalue weighted by Gasteiger charge is 2.26. The van der Waals surface area contributed by atoms with E-state index in [1.54, 1.807) is 0 Å². The van der Waals surface area contributed by atoms with Gasteiger partial charge in [-0.3, -0.25) is 19.4 Å². The number of guanidine groups is 1. The Labute approximate surface area is 228 Å². The lowest BCUT2D eigenvalue weighted by molar-refractivity contribution is -0.132. The molecule has 0 bridgehead atoms. The summed E-state index contributed by atoms with van der Waals surface area (Å²) in [5.74, 6) is -0.882. The lowest BCUT2D eigenvalue weighted by Gasteiger charge is -2.23. The van der Waals surface area contributed by atoms with E-state index >= 15 is 0 Å². The largest absolute Gasteiger partial charge is 0.370 e. The number of rotatable bonds is 19. The third-order valence-corrected chi connectivity index (χ3v) is 6.16. The summed E-state index contributed by atoms with van der Waals surface area (Å²) in [5.41, 5.74) is 22.7. The summed E-state index contributed by atoms with van der Waals surface area (Å²) >= 11 is 3.38. The first-order valence-corrected chi connectivity index (χ1v) is 13.6. The zero-order valence-electron chi connectivity index (χ0n) is 21.5. The van der Waals surface area contributed by atoms with Crippen molar-refractivity contribution in [2.24, 2.45) is 27.9 Å². The van der Waals surface area contributed by atoms with Crippen molar-refractivity contribution < 1.29 is 14.4 Å². The van der Waals surface area contributed by atoms with Gasteiger partial charge in [0.15, 0.2) is 5.96 Å². The maximum absolute atomic E-state index is 13.2. The molecule has 3 amide bonds. The minimum absolute atomic E-state index is 0.0386. The van der Waals surface area contributed by atoms with E-state index in [1.807, 2.05) is 24.3 Å². The number of hydrogen-bond donors (Lipinski definition) is 7. The second-order valence-corrected chi connectivity index (χ2v) is 9.77. The van der Waals surface area contributed by atoms with Crippen LogP contribution in [0.5, 0.6) is 0 Å². The van der Waals surface area contributed by atoms with Crippen LogP contribution in [0.3, 0.4) is 0 Å². The van der Waals surface area contributed by atoms with Crippen LogP contribution < -0.4 is 38.9 Å². The van der Waals surface area contributed by atoms with Gasteiger partial charge in [-0.2, -0.15) is 0 Å². The first-order chi connectivity index (χ1) is 17.8. The smallest absolute Gasteiger partial charge is 0.243 e. The van der Waals surface area contributed by atoms with Crippen LogP contribution in [0.4, 0.5) is 0 Å². The van der Waals surface area contributed by atoms with Crippen LogP contribution in [0, 0.1) is 0 Å². The van der Waals surface area contributed by atoms with Crippen molar-refractivity contribution in [2.45, 2.75) is 69.9 Å². The van der Waals surface area contributed by atoms with Crippen LogP contribution in [0.25, 0.3) is 0 Å². The zero-order valence-corrected chi connectivity index (χ0v) is 23.1. The van der Waals surface area contributed by atoms with Gasteiger partial charge in [-0.05, 0) is 82.2 Å². The molecule has 0 aliphatic heterocycles. The van der Waals surface area contributed by atoms with Gasteiger partial charge in [0.05, 0.1) is 6.42 Å². The number of halogens is 1. The fourth-order valence-electron chi connectivity index (χ4n) is 3.61. The van der Waals surface area contributed by atoms with Crippen molar-refractivity contribution in [2.75, 3.05) is 26.2 Å². The number of benzene rings is 1. The Morgan fingerprint density at radius 2 is 1.41 bits per heavy atom. The molecule has 37 heavy (non-hydrogen) atoms. The summed E-state index contributed by atoms with van der Waals surface area (Å²) in [4.78, 5) is 42.7. The number of carbonyl (C=O) groups is 3. The number of nitrogens with zero attached hydrogens (tertiary/aromatic N) is 1. The van der Waals surface area contributed by atoms with E-state index in [4.69, 9.17) is 22.9 Å². The summed E-state index contributed by atoms with van der Waals surface area (Å²) in [6, 6.07) is 5.93. The Hall–Kier alpha value is -2.70. The molecule has 2 atom stereocenters. The second kappa shape index (κ2) is 19.4. The van der Waals surface area contributed by atoms with Gasteiger partial charge in [-0.15, -0.1) is 0 Å². The third kappa shape index (κ3) is 15.2. The molecule has 0 heterocycles. The number of amides is 3. The Bertz CT molecular complexity index is 847. The van der Waals surface area contributed by atoms with Crippen LogP contribution in [0.15, 0.2) is 33.7 Å². The molecule has 0 saturated heterocycles. The SMILES string of the molecule is NCCCC[C@H](NC(=O)Cc1ccc(Br)cc1)C(=O)N[C@@H](CCCCN)C(=O)NCCCCN=C(N)N. The van der Waals surface area contributed by atoms with Gasteiger partial charge >= 0.3 is 0 Å². The van der Waals surface area contributed by atoms with Crippen LogP contribution in [-0.4, -0.2) is 61.9 Å². The Morgan fingerprint density at radius 1 is 0.811 bits per heavy atom. The molecule has 0 fully saturated rings.